The second kappa shape index (κ2) is 9.88. The van der Waals surface area contributed by atoms with Crippen LogP contribution in [-0.2, 0) is 19.1 Å². The van der Waals surface area contributed by atoms with Crippen molar-refractivity contribution in [2.24, 2.45) is 0 Å². The normalized spacial score (nSPS) is 12.2. The zero-order valence-corrected chi connectivity index (χ0v) is 15.6. The number of nitrogens with zero attached hydrogens (tertiary/aromatic N) is 1. The molecule has 2 rings (SSSR count). The summed E-state index contributed by atoms with van der Waals surface area (Å²) in [7, 11) is 0. The van der Waals surface area contributed by atoms with Gasteiger partial charge in [-0.3, -0.25) is 14.4 Å². The highest BCUT2D eigenvalue weighted by molar-refractivity contribution is 5.95. The van der Waals surface area contributed by atoms with Crippen LogP contribution in [0.1, 0.15) is 37.4 Å². The summed E-state index contributed by atoms with van der Waals surface area (Å²) in [5.41, 5.74) is 1.61. The predicted octanol–water partition coefficient (Wildman–Crippen LogP) is 2.70. The summed E-state index contributed by atoms with van der Waals surface area (Å²) in [6, 6.07) is 16.9. The van der Waals surface area contributed by atoms with Gasteiger partial charge in [-0.15, -0.1) is 0 Å². The van der Waals surface area contributed by atoms with Gasteiger partial charge in [0, 0.05) is 12.6 Å². The molecular weight excluding hydrogens is 358 g/mol. The Morgan fingerprint density at radius 2 is 1.82 bits per heavy atom. The number of carbonyl (C=O) groups is 3. The fourth-order valence-electron chi connectivity index (χ4n) is 2.56. The van der Waals surface area contributed by atoms with Crippen LogP contribution in [0.15, 0.2) is 54.6 Å². The van der Waals surface area contributed by atoms with Gasteiger partial charge in [-0.2, -0.15) is 5.26 Å². The molecule has 0 spiro atoms. The third-order valence-corrected chi connectivity index (χ3v) is 3.89. The number of carbonyl (C=O) groups excluding carboxylic acids is 3. The van der Waals surface area contributed by atoms with Crippen molar-refractivity contribution in [2.75, 3.05) is 5.32 Å². The molecule has 0 aliphatic rings. The SMILES string of the molecule is CC(=O)N[C@H](CC(=O)O[C@@H](C)C(=O)Nc1cccc(C#N)c1)c1ccccc1. The Balaban J connectivity index is 1.96. The van der Waals surface area contributed by atoms with Gasteiger partial charge in [-0.25, -0.2) is 0 Å². The number of hydrogen-bond donors (Lipinski definition) is 2. The zero-order chi connectivity index (χ0) is 20.5. The number of ether oxygens (including phenoxy) is 1. The van der Waals surface area contributed by atoms with E-state index in [1.54, 1.807) is 42.5 Å². The topological polar surface area (TPSA) is 108 Å². The van der Waals surface area contributed by atoms with Gasteiger partial charge in [-0.05, 0) is 30.7 Å². The van der Waals surface area contributed by atoms with Crippen molar-refractivity contribution < 1.29 is 19.1 Å². The second-order valence-electron chi connectivity index (χ2n) is 6.18. The first-order chi connectivity index (χ1) is 13.4. The minimum absolute atomic E-state index is 0.106. The standard InChI is InChI=1S/C21H21N3O4/c1-14(21(27)24-18-10-6-7-16(11-18)13-22)28-20(26)12-19(23-15(2)25)17-8-4-3-5-9-17/h3-11,14,19H,12H2,1-2H3,(H,23,25)(H,24,27)/t14-,19+/m0/s1. The average molecular weight is 379 g/mol. The van der Waals surface area contributed by atoms with Crippen molar-refractivity contribution in [3.05, 3.63) is 65.7 Å². The lowest BCUT2D eigenvalue weighted by atomic mass is 10.0. The first-order valence-electron chi connectivity index (χ1n) is 8.71. The fourth-order valence-corrected chi connectivity index (χ4v) is 2.56. The highest BCUT2D eigenvalue weighted by Crippen LogP contribution is 2.18. The average Bonchev–Trinajstić information content (AvgIpc) is 2.67. The van der Waals surface area contributed by atoms with Crippen LogP contribution in [0.25, 0.3) is 0 Å². The molecule has 2 aromatic carbocycles. The van der Waals surface area contributed by atoms with Gasteiger partial charge in [0.05, 0.1) is 24.1 Å². The summed E-state index contributed by atoms with van der Waals surface area (Å²) in [6.45, 7) is 2.82. The Labute approximate surface area is 163 Å². The summed E-state index contributed by atoms with van der Waals surface area (Å²) < 4.78 is 5.21. The molecule has 0 saturated heterocycles. The molecule has 0 unspecified atom stereocenters. The minimum Gasteiger partial charge on any atom is -0.452 e. The highest BCUT2D eigenvalue weighted by atomic mass is 16.5. The lowest BCUT2D eigenvalue weighted by Crippen LogP contribution is -2.33. The van der Waals surface area contributed by atoms with Gasteiger partial charge in [0.2, 0.25) is 5.91 Å². The Morgan fingerprint density at radius 3 is 2.46 bits per heavy atom. The molecule has 2 N–H and O–H groups in total. The zero-order valence-electron chi connectivity index (χ0n) is 15.6. The van der Waals surface area contributed by atoms with Crippen LogP contribution in [0.3, 0.4) is 0 Å². The number of amides is 2. The van der Waals surface area contributed by atoms with Crippen LogP contribution in [0, 0.1) is 11.3 Å². The van der Waals surface area contributed by atoms with E-state index < -0.39 is 24.0 Å². The van der Waals surface area contributed by atoms with Gasteiger partial charge in [0.25, 0.3) is 5.91 Å². The molecule has 2 aromatic rings. The minimum atomic E-state index is -1.04. The van der Waals surface area contributed by atoms with Crippen LogP contribution in [0.4, 0.5) is 5.69 Å². The molecule has 0 aliphatic heterocycles. The van der Waals surface area contributed by atoms with E-state index in [0.29, 0.717) is 11.3 Å². The fraction of sp³-hybridized carbons (Fsp3) is 0.238. The number of nitrogens with one attached hydrogen (secondary N) is 2. The van der Waals surface area contributed by atoms with Crippen molar-refractivity contribution in [1.82, 2.24) is 5.32 Å². The summed E-state index contributed by atoms with van der Waals surface area (Å²) in [6.07, 6.45) is -1.14. The van der Waals surface area contributed by atoms with Crippen LogP contribution in [-0.4, -0.2) is 23.9 Å². The second-order valence-corrected chi connectivity index (χ2v) is 6.18. The third kappa shape index (κ3) is 6.25. The van der Waals surface area contributed by atoms with Crippen LogP contribution < -0.4 is 10.6 Å². The molecular formula is C21H21N3O4. The molecule has 7 heteroatoms. The van der Waals surface area contributed by atoms with Crippen LogP contribution >= 0.6 is 0 Å². The van der Waals surface area contributed by atoms with E-state index in [-0.39, 0.29) is 12.3 Å². The Hall–Kier alpha value is -3.66. The molecule has 144 valence electrons. The molecule has 0 fully saturated rings. The maximum atomic E-state index is 12.3. The number of rotatable bonds is 7. The number of nitriles is 1. The van der Waals surface area contributed by atoms with E-state index in [4.69, 9.17) is 10.00 Å². The molecule has 2 amide bonds. The Kier molecular flexibility index (Phi) is 7.28. The van der Waals surface area contributed by atoms with Crippen LogP contribution in [0.5, 0.6) is 0 Å². The molecule has 0 aromatic heterocycles. The van der Waals surface area contributed by atoms with Gasteiger partial charge in [-0.1, -0.05) is 36.4 Å². The van der Waals surface area contributed by atoms with Gasteiger partial charge in [0.15, 0.2) is 6.10 Å². The van der Waals surface area contributed by atoms with Gasteiger partial charge >= 0.3 is 5.97 Å². The Bertz CT molecular complexity index is 890. The van der Waals surface area contributed by atoms with E-state index in [1.165, 1.54) is 19.9 Å². The molecule has 2 atom stereocenters. The van der Waals surface area contributed by atoms with Crippen molar-refractivity contribution in [1.29, 1.82) is 5.26 Å². The van der Waals surface area contributed by atoms with Crippen molar-refractivity contribution in [3.63, 3.8) is 0 Å². The van der Waals surface area contributed by atoms with Crippen LogP contribution in [0.2, 0.25) is 0 Å². The maximum Gasteiger partial charge on any atom is 0.309 e. The summed E-state index contributed by atoms with van der Waals surface area (Å²) in [5.74, 6) is -1.40. The molecule has 0 aliphatic carbocycles. The van der Waals surface area contributed by atoms with Gasteiger partial charge in [0.1, 0.15) is 0 Å². The summed E-state index contributed by atoms with van der Waals surface area (Å²) in [4.78, 5) is 36.0. The summed E-state index contributed by atoms with van der Waals surface area (Å²) in [5, 5.41) is 14.2. The monoisotopic (exact) mass is 379 g/mol. The van der Waals surface area contributed by atoms with E-state index in [0.717, 1.165) is 5.56 Å². The quantitative estimate of drug-likeness (QED) is 0.719. The van der Waals surface area contributed by atoms with Crippen molar-refractivity contribution in [3.8, 4) is 6.07 Å². The first-order valence-corrected chi connectivity index (χ1v) is 8.71. The highest BCUT2D eigenvalue weighted by Gasteiger charge is 2.22. The third-order valence-electron chi connectivity index (χ3n) is 3.89. The number of hydrogen-bond acceptors (Lipinski definition) is 5. The van der Waals surface area contributed by atoms with E-state index in [9.17, 15) is 14.4 Å². The van der Waals surface area contributed by atoms with E-state index in [2.05, 4.69) is 10.6 Å². The van der Waals surface area contributed by atoms with Crippen molar-refractivity contribution >= 4 is 23.5 Å². The Morgan fingerprint density at radius 1 is 1.11 bits per heavy atom. The smallest absolute Gasteiger partial charge is 0.309 e. The number of anilines is 1. The molecule has 0 saturated carbocycles. The maximum absolute atomic E-state index is 12.3. The molecule has 0 heterocycles. The lowest BCUT2D eigenvalue weighted by molar-refractivity contribution is -0.153. The van der Waals surface area contributed by atoms with Crippen molar-refractivity contribution in [2.45, 2.75) is 32.4 Å². The summed E-state index contributed by atoms with van der Waals surface area (Å²) >= 11 is 0. The molecule has 0 bridgehead atoms. The number of esters is 1. The van der Waals surface area contributed by atoms with E-state index >= 15 is 0 Å². The predicted molar refractivity (Wildman–Crippen MR) is 103 cm³/mol. The molecule has 28 heavy (non-hydrogen) atoms. The lowest BCUT2D eigenvalue weighted by Gasteiger charge is -2.19. The molecule has 7 nitrogen and oxygen atoms in total. The largest absolute Gasteiger partial charge is 0.452 e. The van der Waals surface area contributed by atoms with Gasteiger partial charge < -0.3 is 15.4 Å². The first kappa shape index (κ1) is 20.6. The van der Waals surface area contributed by atoms with E-state index in [1.807, 2.05) is 12.1 Å². The molecule has 0 radical (unpaired) electrons. The number of benzene rings is 2.